The Labute approximate surface area is 500 Å². The third kappa shape index (κ3) is 21.5. The van der Waals surface area contributed by atoms with Crippen molar-refractivity contribution in [3.05, 3.63) is 180 Å². The van der Waals surface area contributed by atoms with Crippen LogP contribution in [0.4, 0.5) is 0 Å². The number of carbonyl (C=O) groups excluding carboxylic acids is 4. The molecule has 22 heteroatoms. The topological polar surface area (TPSA) is 275 Å². The van der Waals surface area contributed by atoms with Crippen molar-refractivity contribution < 1.29 is 58.4 Å². The number of hydrogen-bond donors (Lipinski definition) is 5. The third-order valence-electron chi connectivity index (χ3n) is 11.3. The number of carboxylic acids is 3. The molecule has 2 aliphatic rings. The first-order valence-corrected chi connectivity index (χ1v) is 26.5. The lowest BCUT2D eigenvalue weighted by Gasteiger charge is -2.11. The Bertz CT molecular complexity index is 3400. The summed E-state index contributed by atoms with van der Waals surface area (Å²) in [4.78, 5) is 90.0. The van der Waals surface area contributed by atoms with E-state index in [1.807, 2.05) is 81.4 Å². The smallest absolute Gasteiger partial charge is 0.328 e. The molecule has 0 saturated carbocycles. The first kappa shape index (κ1) is 70.2. The second-order valence-corrected chi connectivity index (χ2v) is 20.3. The van der Waals surface area contributed by atoms with Crippen LogP contribution in [0.25, 0.3) is 33.0 Å². The summed E-state index contributed by atoms with van der Waals surface area (Å²) in [5, 5.41) is 27.8. The number of carboxylic acid groups (broad SMARTS) is 3. The number of nitrogens with one attached hydrogen (secondary N) is 1. The molecule has 7 aromatic rings. The summed E-state index contributed by atoms with van der Waals surface area (Å²) in [5.74, 6) is -2.22. The van der Waals surface area contributed by atoms with Gasteiger partial charge in [0.25, 0.3) is 0 Å². The summed E-state index contributed by atoms with van der Waals surface area (Å²) in [6.07, 6.45) is 12.2. The monoisotopic (exact) mass is 1220 g/mol. The fourth-order valence-electron chi connectivity index (χ4n) is 7.37. The number of thiophene rings is 2. The number of ketones is 2. The number of Topliss-reactive ketones (excluding diaryl/α,β-unsaturated/α-hetero) is 2. The zero-order chi connectivity index (χ0) is 57.8. The van der Waals surface area contributed by atoms with Crippen molar-refractivity contribution in [2.24, 2.45) is 5.73 Å². The van der Waals surface area contributed by atoms with Crippen molar-refractivity contribution >= 4 is 112 Å². The van der Waals surface area contributed by atoms with Crippen molar-refractivity contribution in [2.45, 2.75) is 80.9 Å². The van der Waals surface area contributed by atoms with Gasteiger partial charge in [0.05, 0.1) is 26.3 Å². The van der Waals surface area contributed by atoms with Crippen LogP contribution in [-0.4, -0.2) is 97.2 Å². The number of aryl methyl sites for hydroxylation is 3. The first-order valence-electron chi connectivity index (χ1n) is 24.1. The molecule has 6 N–H and O–H groups in total. The normalized spacial score (nSPS) is 13.0. The molecule has 0 radical (unpaired) electrons. The highest BCUT2D eigenvalue weighted by Crippen LogP contribution is 2.42. The number of nitrogens with two attached hydrogens (primary N) is 1. The SMILES string of the molecule is C.C.CC(=O)c1ccc(-c2cc(Cl)c3c(c2)CC(CN)O3)s1.CC(=O)c1ccc(-c2cc(Cl)c3c(c2)CC(CNC(=O)/C=C/c2cccnc2C)O3)s1.Cc1ncccc1/C=C/C(=O)O.Cc1ncccc1C=O.Cl.O=C(O)CC(=O)O. The fourth-order valence-corrected chi connectivity index (χ4v) is 9.71. The number of aromatic nitrogens is 3. The van der Waals surface area contributed by atoms with Crippen molar-refractivity contribution in [3.63, 3.8) is 0 Å². The van der Waals surface area contributed by atoms with Crippen LogP contribution in [0.15, 0.2) is 116 Å². The van der Waals surface area contributed by atoms with Crippen LogP contribution in [0.2, 0.25) is 10.0 Å². The van der Waals surface area contributed by atoms with Gasteiger partial charge >= 0.3 is 17.9 Å². The van der Waals surface area contributed by atoms with Crippen molar-refractivity contribution in [3.8, 4) is 32.4 Å². The molecule has 2 aliphatic heterocycles. The van der Waals surface area contributed by atoms with Crippen LogP contribution in [0.1, 0.15) is 104 Å². The maximum Gasteiger partial charge on any atom is 0.328 e. The zero-order valence-corrected chi connectivity index (χ0v) is 47.8. The number of aliphatic carboxylic acids is 3. The molecule has 1 amide bonds. The Balaban J connectivity index is 0.000000386. The Hall–Kier alpha value is -7.91. The van der Waals surface area contributed by atoms with E-state index in [2.05, 4.69) is 26.3 Å². The molecule has 5 aromatic heterocycles. The lowest BCUT2D eigenvalue weighted by Crippen LogP contribution is -2.33. The van der Waals surface area contributed by atoms with E-state index in [4.69, 9.17) is 53.7 Å². The Morgan fingerprint density at radius 2 is 1.06 bits per heavy atom. The zero-order valence-electron chi connectivity index (χ0n) is 43.8. The van der Waals surface area contributed by atoms with E-state index in [-0.39, 0.29) is 56.9 Å². The van der Waals surface area contributed by atoms with E-state index in [9.17, 15) is 33.6 Å². The summed E-state index contributed by atoms with van der Waals surface area (Å²) >= 11 is 15.7. The lowest BCUT2D eigenvalue weighted by molar-refractivity contribution is -0.147. The average Bonchev–Trinajstić information content (AvgIpc) is 4.40. The molecule has 2 atom stereocenters. The van der Waals surface area contributed by atoms with Gasteiger partial charge in [-0.25, -0.2) is 4.79 Å². The lowest BCUT2D eigenvalue weighted by atomic mass is 10.1. The Kier molecular flexibility index (Phi) is 29.4. The summed E-state index contributed by atoms with van der Waals surface area (Å²) < 4.78 is 11.7. The second kappa shape index (κ2) is 34.4. The third-order valence-corrected chi connectivity index (χ3v) is 14.4. The molecule has 17 nitrogen and oxygen atoms in total. The Morgan fingerprint density at radius 1 is 0.646 bits per heavy atom. The quantitative estimate of drug-likeness (QED) is 0.0293. The molecule has 0 saturated heterocycles. The van der Waals surface area contributed by atoms with Crippen LogP contribution >= 0.6 is 58.3 Å². The summed E-state index contributed by atoms with van der Waals surface area (Å²) in [5.41, 5.74) is 14.6. The average molecular weight is 1220 g/mol. The summed E-state index contributed by atoms with van der Waals surface area (Å²) in [6, 6.07) is 26.3. The molecule has 0 spiro atoms. The summed E-state index contributed by atoms with van der Waals surface area (Å²) in [6.45, 7) is 9.54. The molecule has 0 fully saturated rings. The highest BCUT2D eigenvalue weighted by Gasteiger charge is 2.27. The number of ether oxygens (including phenoxy) is 2. The molecular formula is C60H64Cl3N5O12S2. The molecule has 434 valence electrons. The van der Waals surface area contributed by atoms with Crippen LogP contribution in [0.5, 0.6) is 11.5 Å². The highest BCUT2D eigenvalue weighted by atomic mass is 35.5. The second-order valence-electron chi connectivity index (χ2n) is 17.3. The molecule has 7 heterocycles. The van der Waals surface area contributed by atoms with Crippen LogP contribution in [0.3, 0.4) is 0 Å². The molecule has 2 unspecified atom stereocenters. The minimum absolute atomic E-state index is 0. The predicted octanol–water partition coefficient (Wildman–Crippen LogP) is 12.6. The van der Waals surface area contributed by atoms with Gasteiger partial charge in [-0.05, 0) is 142 Å². The van der Waals surface area contributed by atoms with Crippen LogP contribution in [-0.2, 0) is 32.0 Å². The van der Waals surface area contributed by atoms with E-state index in [1.54, 1.807) is 56.7 Å². The first-order chi connectivity index (χ1) is 37.6. The molecule has 82 heavy (non-hydrogen) atoms. The molecule has 9 rings (SSSR count). The van der Waals surface area contributed by atoms with Gasteiger partial charge in [-0.1, -0.05) is 50.2 Å². The molecule has 0 bridgehead atoms. The number of benzene rings is 2. The number of fused-ring (bicyclic) bond motifs is 2. The number of carbonyl (C=O) groups is 7. The standard InChI is InChI=1S/C24H21ClN2O3S.C15H14ClNO2S.C9H9NO2.C7H7NO.C3H4O4.2CH4.ClH/c1-14-16(4-3-9-26-14)5-8-23(29)27-13-19-11-18-10-17(12-20(25)24(18)30-19)22-7-6-21(31-22)15(2)28;1-8(18)13-2-3-14(20-13)9-4-10-5-11(7-17)19-15(10)12(16)6-9;1-7-8(3-2-6-10-7)4-5-9(11)12;1-6-7(5-9)3-2-4-8-6;4-2(5)1-3(6)7;;;/h3-10,12,19H,11,13H2,1-2H3,(H,27,29);2-4,6,11H,5,7,17H2,1H3;2-6H,1H3,(H,11,12);2-5H,1H3;1H2,(H,4,5)(H,6,7);2*1H4;1H/b8-5+;;5-4+;;;;;. The van der Waals surface area contributed by atoms with E-state index in [0.717, 1.165) is 94.5 Å². The summed E-state index contributed by atoms with van der Waals surface area (Å²) in [7, 11) is 0. The van der Waals surface area contributed by atoms with Gasteiger partial charge in [0.15, 0.2) is 17.9 Å². The van der Waals surface area contributed by atoms with Gasteiger partial charge < -0.3 is 35.8 Å². The number of aldehydes is 1. The largest absolute Gasteiger partial charge is 0.487 e. The molecule has 2 aromatic carbocycles. The van der Waals surface area contributed by atoms with Gasteiger partial charge in [0.1, 0.15) is 30.1 Å². The number of amides is 1. The Morgan fingerprint density at radius 3 is 1.41 bits per heavy atom. The van der Waals surface area contributed by atoms with Crippen LogP contribution < -0.4 is 20.5 Å². The number of halogens is 3. The van der Waals surface area contributed by atoms with Gasteiger partial charge in [-0.3, -0.25) is 43.7 Å². The number of nitrogens with zero attached hydrogens (tertiary/aromatic N) is 3. The van der Waals surface area contributed by atoms with E-state index in [1.165, 1.54) is 34.8 Å². The van der Waals surface area contributed by atoms with Crippen molar-refractivity contribution in [1.29, 1.82) is 0 Å². The predicted molar refractivity (Wildman–Crippen MR) is 326 cm³/mol. The van der Waals surface area contributed by atoms with E-state index < -0.39 is 24.3 Å². The molecule has 0 aliphatic carbocycles. The van der Waals surface area contributed by atoms with Gasteiger partial charge in [0, 0.05) is 93.7 Å². The van der Waals surface area contributed by atoms with Crippen LogP contribution in [0, 0.1) is 20.8 Å². The number of hydrogen-bond acceptors (Lipinski definition) is 15. The molecular weight excluding hydrogens is 1150 g/mol. The van der Waals surface area contributed by atoms with Crippen molar-refractivity contribution in [2.75, 3.05) is 13.1 Å². The fraction of sp³-hybridized carbons (Fsp3) is 0.233. The van der Waals surface area contributed by atoms with E-state index in [0.29, 0.717) is 40.9 Å². The maximum atomic E-state index is 12.2. The van der Waals surface area contributed by atoms with E-state index >= 15 is 0 Å². The van der Waals surface area contributed by atoms with Gasteiger partial charge in [0.2, 0.25) is 5.91 Å². The van der Waals surface area contributed by atoms with Gasteiger partial charge in [-0.15, -0.1) is 35.1 Å². The number of rotatable bonds is 14. The number of pyridine rings is 3. The minimum Gasteiger partial charge on any atom is -0.487 e. The maximum absolute atomic E-state index is 12.2. The van der Waals surface area contributed by atoms with Gasteiger partial charge in [-0.2, -0.15) is 0 Å². The van der Waals surface area contributed by atoms with Crippen molar-refractivity contribution in [1.82, 2.24) is 20.3 Å². The highest BCUT2D eigenvalue weighted by molar-refractivity contribution is 7.17. The minimum atomic E-state index is -1.31.